The summed E-state index contributed by atoms with van der Waals surface area (Å²) in [4.78, 5) is 277. The molecule has 1 saturated heterocycles. The van der Waals surface area contributed by atoms with Crippen LogP contribution in [0.1, 0.15) is 122 Å². The predicted octanol–water partition coefficient (Wildman–Crippen LogP) is -9.84. The molecule has 19 atom stereocenters. The molecule has 0 bridgehead atoms. The van der Waals surface area contributed by atoms with Crippen LogP contribution in [-0.2, 0) is 110 Å². The highest BCUT2D eigenvalue weighted by atomic mass is 32.2. The molecule has 127 heavy (non-hydrogen) atoms. The first kappa shape index (κ1) is 105. The molecule has 700 valence electrons. The summed E-state index contributed by atoms with van der Waals surface area (Å²) >= 11 is 5.55. The summed E-state index contributed by atoms with van der Waals surface area (Å²) in [6.07, 6.45) is -4.05. The number of carbonyl (C=O) groups is 19. The Balaban J connectivity index is 1.36. The van der Waals surface area contributed by atoms with Crippen molar-refractivity contribution in [2.75, 3.05) is 30.9 Å². The highest BCUT2D eigenvalue weighted by Crippen LogP contribution is 2.23. The Morgan fingerprint density at radius 3 is 1.42 bits per heavy atom. The van der Waals surface area contributed by atoms with Crippen molar-refractivity contribution >= 4 is 148 Å². The third-order valence-corrected chi connectivity index (χ3v) is 21.0. The van der Waals surface area contributed by atoms with Crippen molar-refractivity contribution in [1.82, 2.24) is 98.9 Å². The molecular weight excluding hydrogens is 1720 g/mol. The molecule has 4 heterocycles. The number of rotatable bonds is 56. The minimum atomic E-state index is -2.15. The number of imidazole rings is 2. The molecule has 1 fully saturated rings. The molecule has 1 aromatic carbocycles. The third-order valence-electron chi connectivity index (χ3n) is 20.0. The van der Waals surface area contributed by atoms with Crippen LogP contribution in [0.4, 0.5) is 0 Å². The van der Waals surface area contributed by atoms with Gasteiger partial charge in [-0.3, -0.25) is 86.3 Å². The molecule has 3 aromatic heterocycles. The van der Waals surface area contributed by atoms with Crippen LogP contribution in [-0.4, -0.2) is 324 Å². The van der Waals surface area contributed by atoms with Crippen molar-refractivity contribution in [3.63, 3.8) is 0 Å². The van der Waals surface area contributed by atoms with E-state index in [0.717, 1.165) is 32.6 Å². The van der Waals surface area contributed by atoms with Crippen molar-refractivity contribution in [2.24, 2.45) is 22.9 Å². The van der Waals surface area contributed by atoms with Crippen LogP contribution in [0.3, 0.4) is 0 Å². The Kier molecular flexibility index (Phi) is 42.9. The lowest BCUT2D eigenvalue weighted by atomic mass is 10.0. The zero-order valence-electron chi connectivity index (χ0n) is 70.0. The van der Waals surface area contributed by atoms with Gasteiger partial charge in [0.2, 0.25) is 94.5 Å². The van der Waals surface area contributed by atoms with Gasteiger partial charge in [-0.25, -0.2) is 14.8 Å². The predicted molar refractivity (Wildman–Crippen MR) is 450 cm³/mol. The van der Waals surface area contributed by atoms with Gasteiger partial charge in [-0.15, -0.1) is 0 Å². The highest BCUT2D eigenvalue weighted by Gasteiger charge is 2.44. The second-order valence-electron chi connectivity index (χ2n) is 30.1. The van der Waals surface area contributed by atoms with Crippen LogP contribution in [0.5, 0.6) is 0 Å². The summed E-state index contributed by atoms with van der Waals surface area (Å²) in [6.45, 7) is 4.17. The van der Waals surface area contributed by atoms with Crippen molar-refractivity contribution in [1.29, 1.82) is 0 Å². The molecule has 0 spiro atoms. The number of unbranched alkanes of at least 4 members (excludes halogenated alkanes) is 1. The number of primary amides is 2. The minimum Gasteiger partial charge on any atom is -0.481 e. The van der Waals surface area contributed by atoms with Crippen LogP contribution in [0, 0.1) is 0 Å². The zero-order valence-corrected chi connectivity index (χ0v) is 71.7. The molecule has 31 N–H and O–H groups in total. The Labute approximate surface area is 735 Å². The van der Waals surface area contributed by atoms with E-state index in [-0.39, 0.29) is 63.0 Å². The van der Waals surface area contributed by atoms with Crippen molar-refractivity contribution < 1.29 is 127 Å². The fourth-order valence-electron chi connectivity index (χ4n) is 13.2. The third kappa shape index (κ3) is 33.8. The number of fused-ring (bicyclic) bond motifs is 1. The number of H-pyrrole nitrogens is 3. The molecule has 1 aliphatic heterocycles. The summed E-state index contributed by atoms with van der Waals surface area (Å²) in [5.41, 5.74) is 23.4. The number of nitrogens with one attached hydrogen (secondary N) is 16. The standard InChI is InChI=1S/C76H113N23O26S2/c1-34(100)58(95-65(113)46(16-18-56(106)107)86-68(116)49(24-39-29-81-32-84-39)90-62(110)42(78)26-55(80)105)72(120)89-45(15-17-54(79)104)64(112)96-60(36(3)102)74(122)97-59(35(2)101)73(121)94-52(31-126)70(118)91-48(23-38-28-83-43-12-7-6-11-41(38)43)67(115)92-50(27-57(108)109)69(117)93-51(25-40-30-82-33-85-40)75(123)99-21-10-14-53(99)71(119)88-44(13-8-9-20-77)63(111)87-47(19-22-127-5)66(114)98-61(37(4)103)76(124)125/h6-7,11-12,28-30,32-37,42,44-53,58-61,83,100-103,126H,8-10,13-27,31,77-78H2,1-5H3,(H2,79,104)(H2,80,105)(H,81,84)(H,82,85)(H,86,116)(H,87,111)(H,88,119)(H,89,120)(H,90,110)(H,91,118)(H,92,115)(H,93,117)(H,94,121)(H,95,113)(H,96,112)(H,97,122)(H,98,114)(H,106,107)(H,108,109)(H,124,125)/t34-,35-,36-,37-,42+,44+,45+,46+,47+,48+,49+,50+,51+,52+,53+,58+,59+,60+,61+/m1/s1. The number of aromatic nitrogens is 5. The number of carboxylic acids is 3. The number of hydrogen-bond acceptors (Lipinski definition) is 29. The molecule has 16 amide bonds. The Hall–Kier alpha value is -12.4. The molecule has 49 nitrogen and oxygen atoms in total. The van der Waals surface area contributed by atoms with E-state index in [1.165, 1.54) is 43.0 Å². The SMILES string of the molecule is CSCC[C@H](NC(=O)[C@H](CCCCN)NC(=O)[C@@H]1CCCN1C(=O)[C@H](Cc1c[nH]cn1)NC(=O)[C@H](CC(=O)O)NC(=O)[C@H](Cc1c[nH]c2ccccc12)NC(=O)[C@H](CS)NC(=O)[C@@H](NC(=O)[C@@H](NC(=O)[C@H](CCC(N)=O)NC(=O)[C@@H](NC(=O)[C@H](CCC(=O)O)NC(=O)[C@H](Cc1c[nH]cn1)NC(=O)[C@@H](N)CC(N)=O)[C@@H](C)O)[C@@H](C)O)[C@@H](C)O)C(=O)N[C@H](C(=O)O)[C@@H](C)O. The molecule has 1 aliphatic rings. The van der Waals surface area contributed by atoms with Gasteiger partial charge in [-0.05, 0) is 109 Å². The number of para-hydroxylation sites is 1. The molecule has 0 radical (unpaired) electrons. The number of amides is 16. The van der Waals surface area contributed by atoms with Crippen molar-refractivity contribution in [3.05, 3.63) is 72.5 Å². The summed E-state index contributed by atoms with van der Waals surface area (Å²) < 4.78 is 0. The maximum atomic E-state index is 15.0. The zero-order chi connectivity index (χ0) is 94.6. The molecule has 0 saturated carbocycles. The number of carbonyl (C=O) groups excluding carboxylic acids is 16. The van der Waals surface area contributed by atoms with Gasteiger partial charge in [0.25, 0.3) is 0 Å². The smallest absolute Gasteiger partial charge is 0.328 e. The normalized spacial score (nSPS) is 16.7. The number of aliphatic hydroxyl groups excluding tert-OH is 4. The number of likely N-dealkylation sites (tertiary alicyclic amines) is 1. The number of nitrogens with zero attached hydrogens (tertiary/aromatic N) is 3. The van der Waals surface area contributed by atoms with Crippen LogP contribution in [0.25, 0.3) is 10.9 Å². The topological polar surface area (TPSA) is 803 Å². The van der Waals surface area contributed by atoms with Crippen LogP contribution in [0.15, 0.2) is 55.5 Å². The summed E-state index contributed by atoms with van der Waals surface area (Å²) in [5.74, 6) is -23.5. The van der Waals surface area contributed by atoms with E-state index < -0.39 is 285 Å². The van der Waals surface area contributed by atoms with Crippen LogP contribution < -0.4 is 92.1 Å². The average Bonchev–Trinajstić information content (AvgIpc) is 1.72. The Morgan fingerprint density at radius 2 is 0.921 bits per heavy atom. The number of thiol groups is 1. The van der Waals surface area contributed by atoms with Gasteiger partial charge in [-0.2, -0.15) is 24.4 Å². The summed E-state index contributed by atoms with van der Waals surface area (Å²) in [6, 6.07) is -20.0. The average molecular weight is 1830 g/mol. The van der Waals surface area contributed by atoms with E-state index >= 15 is 0 Å². The van der Waals surface area contributed by atoms with E-state index in [0.29, 0.717) is 28.6 Å². The second kappa shape index (κ2) is 51.9. The fourth-order valence-corrected chi connectivity index (χ4v) is 13.9. The number of nitrogens with two attached hydrogens (primary N) is 4. The van der Waals surface area contributed by atoms with E-state index in [9.17, 15) is 127 Å². The first-order valence-corrected chi connectivity index (χ1v) is 42.3. The minimum absolute atomic E-state index is 0.00925. The molecule has 0 unspecified atom stereocenters. The molecule has 4 aromatic rings. The van der Waals surface area contributed by atoms with Gasteiger partial charge >= 0.3 is 17.9 Å². The summed E-state index contributed by atoms with van der Waals surface area (Å²) in [7, 11) is 0. The van der Waals surface area contributed by atoms with Gasteiger partial charge in [0.15, 0.2) is 6.04 Å². The van der Waals surface area contributed by atoms with Crippen LogP contribution in [0.2, 0.25) is 0 Å². The van der Waals surface area contributed by atoms with Gasteiger partial charge in [0.1, 0.15) is 78.5 Å². The lowest BCUT2D eigenvalue weighted by Crippen LogP contribution is -2.64. The molecule has 51 heteroatoms. The number of aliphatic hydroxyl groups is 4. The van der Waals surface area contributed by atoms with Gasteiger partial charge < -0.3 is 148 Å². The fraction of sp³-hybridized carbons (Fsp3) is 0.566. The van der Waals surface area contributed by atoms with Crippen molar-refractivity contribution in [3.8, 4) is 0 Å². The first-order valence-electron chi connectivity index (χ1n) is 40.3. The first-order chi connectivity index (χ1) is 60.0. The largest absolute Gasteiger partial charge is 0.481 e. The molecule has 5 rings (SSSR count). The second-order valence-corrected chi connectivity index (χ2v) is 31.5. The van der Waals surface area contributed by atoms with E-state index in [2.05, 4.69) is 107 Å². The Bertz CT molecular complexity index is 4480. The lowest BCUT2D eigenvalue weighted by Gasteiger charge is -2.31. The monoisotopic (exact) mass is 1830 g/mol. The highest BCUT2D eigenvalue weighted by molar-refractivity contribution is 7.98. The van der Waals surface area contributed by atoms with Gasteiger partial charge in [-0.1, -0.05) is 18.2 Å². The number of thioether (sulfide) groups is 1. The van der Waals surface area contributed by atoms with E-state index in [1.807, 2.05) is 0 Å². The maximum absolute atomic E-state index is 15.0. The number of aliphatic carboxylic acids is 3. The number of carboxylic acid groups (broad SMARTS) is 3. The lowest BCUT2D eigenvalue weighted by molar-refractivity contribution is -0.145. The van der Waals surface area contributed by atoms with Gasteiger partial charge in [0.05, 0.1) is 67.3 Å². The van der Waals surface area contributed by atoms with Crippen LogP contribution >= 0.6 is 24.4 Å². The van der Waals surface area contributed by atoms with Gasteiger partial charge in [0, 0.05) is 73.9 Å². The number of hydrogen-bond donors (Lipinski definition) is 28. The number of aromatic amines is 3. The molecular formula is C76H113N23O26S2. The number of benzene rings is 1. The quantitative estimate of drug-likeness (QED) is 0.0144. The summed E-state index contributed by atoms with van der Waals surface area (Å²) in [5, 5.41) is 103. The van der Waals surface area contributed by atoms with E-state index in [4.69, 9.17) is 22.9 Å². The Morgan fingerprint density at radius 1 is 0.488 bits per heavy atom. The van der Waals surface area contributed by atoms with E-state index in [1.54, 1.807) is 30.5 Å². The van der Waals surface area contributed by atoms with Crippen molar-refractivity contribution in [2.45, 2.75) is 239 Å². The maximum Gasteiger partial charge on any atom is 0.328 e. The molecule has 0 aliphatic carbocycles.